The van der Waals surface area contributed by atoms with E-state index in [1.807, 2.05) is 11.7 Å². The molecule has 1 saturated carbocycles. The summed E-state index contributed by atoms with van der Waals surface area (Å²) in [5.74, 6) is -0.542. The van der Waals surface area contributed by atoms with Gasteiger partial charge in [-0.15, -0.1) is 0 Å². The van der Waals surface area contributed by atoms with Gasteiger partial charge < -0.3 is 10.4 Å². The second-order valence-corrected chi connectivity index (χ2v) is 5.72. The molecule has 112 valence electrons. The minimum absolute atomic E-state index is 0.172. The van der Waals surface area contributed by atoms with Crippen LogP contribution in [0, 0.1) is 11.8 Å². The molecule has 5 heteroatoms. The van der Waals surface area contributed by atoms with E-state index in [-0.39, 0.29) is 11.8 Å². The molecule has 2 rings (SSSR count). The van der Waals surface area contributed by atoms with Crippen LogP contribution in [0.25, 0.3) is 0 Å². The average Bonchev–Trinajstić information content (AvgIpc) is 2.80. The zero-order valence-electron chi connectivity index (χ0n) is 12.4. The van der Waals surface area contributed by atoms with Gasteiger partial charge in [0.05, 0.1) is 17.3 Å². The quantitative estimate of drug-likeness (QED) is 0.835. The first-order chi connectivity index (χ1) is 9.61. The number of carboxylic acid groups (broad SMARTS) is 1. The minimum atomic E-state index is -0.634. The van der Waals surface area contributed by atoms with Gasteiger partial charge in [-0.2, -0.15) is 5.10 Å². The maximum absolute atomic E-state index is 11.3. The Labute approximate surface area is 120 Å². The van der Waals surface area contributed by atoms with Crippen molar-refractivity contribution in [1.29, 1.82) is 0 Å². The van der Waals surface area contributed by atoms with Crippen LogP contribution in [0.15, 0.2) is 6.07 Å². The zero-order valence-corrected chi connectivity index (χ0v) is 12.4. The van der Waals surface area contributed by atoms with Crippen LogP contribution >= 0.6 is 0 Å². The molecule has 1 aliphatic carbocycles. The van der Waals surface area contributed by atoms with E-state index in [0.717, 1.165) is 56.6 Å². The molecule has 0 radical (unpaired) electrons. The Kier molecular flexibility index (Phi) is 5.17. The summed E-state index contributed by atoms with van der Waals surface area (Å²) in [6.45, 7) is 3.63. The van der Waals surface area contributed by atoms with E-state index < -0.39 is 5.97 Å². The molecule has 1 aliphatic rings. The molecule has 1 aromatic rings. The van der Waals surface area contributed by atoms with Gasteiger partial charge >= 0.3 is 5.97 Å². The number of hydrogen-bond donors (Lipinski definition) is 2. The number of hydrogen-bond acceptors (Lipinski definition) is 3. The normalized spacial score (nSPS) is 22.9. The number of rotatable bonds is 6. The second kappa shape index (κ2) is 6.88. The molecule has 1 aromatic heterocycles. The molecule has 5 nitrogen and oxygen atoms in total. The lowest BCUT2D eigenvalue weighted by molar-refractivity contribution is -0.144. The maximum Gasteiger partial charge on any atom is 0.306 e. The van der Waals surface area contributed by atoms with E-state index >= 15 is 0 Å². The lowest BCUT2D eigenvalue weighted by Crippen LogP contribution is -2.34. The predicted molar refractivity (Wildman–Crippen MR) is 77.4 cm³/mol. The Hall–Kier alpha value is -1.36. The molecular weight excluding hydrogens is 254 g/mol. The van der Waals surface area contributed by atoms with Crippen LogP contribution in [-0.4, -0.2) is 27.4 Å². The van der Waals surface area contributed by atoms with E-state index in [0.29, 0.717) is 0 Å². The molecular formula is C15H25N3O2. The smallest absolute Gasteiger partial charge is 0.306 e. The fourth-order valence-corrected chi connectivity index (χ4v) is 3.07. The standard InChI is InChI=1S/C15H25N3O2/c1-3-12-8-13(18(2)17-12)10-16-9-11-6-4-5-7-14(11)15(19)20/h8,11,14,16H,3-7,9-10H2,1-2H3,(H,19,20). The topological polar surface area (TPSA) is 67.2 Å². The molecule has 0 amide bonds. The van der Waals surface area contributed by atoms with Gasteiger partial charge in [0.15, 0.2) is 0 Å². The maximum atomic E-state index is 11.3. The van der Waals surface area contributed by atoms with Gasteiger partial charge in [0.25, 0.3) is 0 Å². The van der Waals surface area contributed by atoms with Gasteiger partial charge in [-0.1, -0.05) is 19.8 Å². The first kappa shape index (κ1) is 15.0. The first-order valence-corrected chi connectivity index (χ1v) is 7.57. The third-order valence-electron chi connectivity index (χ3n) is 4.33. The molecule has 0 bridgehead atoms. The van der Waals surface area contributed by atoms with Crippen molar-refractivity contribution in [3.05, 3.63) is 17.5 Å². The number of nitrogens with one attached hydrogen (secondary N) is 1. The predicted octanol–water partition coefficient (Wildman–Crippen LogP) is 1.96. The molecule has 20 heavy (non-hydrogen) atoms. The van der Waals surface area contributed by atoms with Crippen molar-refractivity contribution in [2.45, 2.75) is 45.6 Å². The van der Waals surface area contributed by atoms with Gasteiger partial charge in [0.1, 0.15) is 0 Å². The van der Waals surface area contributed by atoms with Crippen LogP contribution in [0.1, 0.15) is 44.0 Å². The monoisotopic (exact) mass is 279 g/mol. The molecule has 0 spiro atoms. The summed E-state index contributed by atoms with van der Waals surface area (Å²) in [4.78, 5) is 11.3. The van der Waals surface area contributed by atoms with E-state index in [9.17, 15) is 9.90 Å². The highest BCUT2D eigenvalue weighted by atomic mass is 16.4. The number of carboxylic acids is 1. The Morgan fingerprint density at radius 2 is 2.25 bits per heavy atom. The Balaban J connectivity index is 1.85. The largest absolute Gasteiger partial charge is 0.481 e. The SMILES string of the molecule is CCc1cc(CNCC2CCCCC2C(=O)O)n(C)n1. The van der Waals surface area contributed by atoms with E-state index in [1.54, 1.807) is 0 Å². The van der Waals surface area contributed by atoms with Crippen molar-refractivity contribution in [2.24, 2.45) is 18.9 Å². The molecule has 1 heterocycles. The summed E-state index contributed by atoms with van der Waals surface area (Å²) in [5.41, 5.74) is 2.26. The number of carbonyl (C=O) groups is 1. The highest BCUT2D eigenvalue weighted by Crippen LogP contribution is 2.29. The summed E-state index contributed by atoms with van der Waals surface area (Å²) < 4.78 is 1.90. The number of nitrogens with zero attached hydrogens (tertiary/aromatic N) is 2. The third-order valence-corrected chi connectivity index (χ3v) is 4.33. The third kappa shape index (κ3) is 3.60. The van der Waals surface area contributed by atoms with Crippen LogP contribution in [0.4, 0.5) is 0 Å². The first-order valence-electron chi connectivity index (χ1n) is 7.57. The fourth-order valence-electron chi connectivity index (χ4n) is 3.07. The van der Waals surface area contributed by atoms with Gasteiger partial charge in [-0.05, 0) is 37.8 Å². The molecule has 0 aliphatic heterocycles. The average molecular weight is 279 g/mol. The van der Waals surface area contributed by atoms with Gasteiger partial charge in [-0.25, -0.2) is 0 Å². The summed E-state index contributed by atoms with van der Waals surface area (Å²) in [5, 5.41) is 17.1. The van der Waals surface area contributed by atoms with Crippen molar-refractivity contribution >= 4 is 5.97 Å². The number of aromatic nitrogens is 2. The zero-order chi connectivity index (χ0) is 14.5. The lowest BCUT2D eigenvalue weighted by atomic mass is 9.79. The van der Waals surface area contributed by atoms with E-state index in [1.165, 1.54) is 0 Å². The van der Waals surface area contributed by atoms with Crippen molar-refractivity contribution in [3.8, 4) is 0 Å². The van der Waals surface area contributed by atoms with Crippen LogP contribution < -0.4 is 5.32 Å². The summed E-state index contributed by atoms with van der Waals surface area (Å²) >= 11 is 0. The molecule has 1 fully saturated rings. The molecule has 0 saturated heterocycles. The summed E-state index contributed by atoms with van der Waals surface area (Å²) in [6, 6.07) is 2.11. The highest BCUT2D eigenvalue weighted by Gasteiger charge is 2.30. The molecule has 0 aromatic carbocycles. The lowest BCUT2D eigenvalue weighted by Gasteiger charge is -2.28. The Morgan fingerprint density at radius 3 is 2.90 bits per heavy atom. The second-order valence-electron chi connectivity index (χ2n) is 5.72. The Morgan fingerprint density at radius 1 is 1.50 bits per heavy atom. The van der Waals surface area contributed by atoms with Crippen LogP contribution in [0.5, 0.6) is 0 Å². The van der Waals surface area contributed by atoms with E-state index in [4.69, 9.17) is 0 Å². The molecule has 2 atom stereocenters. The van der Waals surface area contributed by atoms with Gasteiger partial charge in [0.2, 0.25) is 0 Å². The van der Waals surface area contributed by atoms with Crippen molar-refractivity contribution < 1.29 is 9.90 Å². The minimum Gasteiger partial charge on any atom is -0.481 e. The van der Waals surface area contributed by atoms with E-state index in [2.05, 4.69) is 23.4 Å². The number of aryl methyl sites for hydroxylation is 2. The van der Waals surface area contributed by atoms with Crippen molar-refractivity contribution in [2.75, 3.05) is 6.54 Å². The molecule has 2 N–H and O–H groups in total. The summed E-state index contributed by atoms with van der Waals surface area (Å²) in [6.07, 6.45) is 5.00. The van der Waals surface area contributed by atoms with Crippen LogP contribution in [0.2, 0.25) is 0 Å². The molecule has 2 unspecified atom stereocenters. The van der Waals surface area contributed by atoms with Gasteiger partial charge in [-0.3, -0.25) is 9.48 Å². The van der Waals surface area contributed by atoms with Crippen molar-refractivity contribution in [1.82, 2.24) is 15.1 Å². The van der Waals surface area contributed by atoms with Crippen molar-refractivity contribution in [3.63, 3.8) is 0 Å². The van der Waals surface area contributed by atoms with Crippen LogP contribution in [-0.2, 0) is 24.8 Å². The van der Waals surface area contributed by atoms with Gasteiger partial charge in [0, 0.05) is 13.6 Å². The Bertz CT molecular complexity index is 456. The van der Waals surface area contributed by atoms with Crippen LogP contribution in [0.3, 0.4) is 0 Å². The fraction of sp³-hybridized carbons (Fsp3) is 0.733. The highest BCUT2D eigenvalue weighted by molar-refractivity contribution is 5.70. The number of aliphatic carboxylic acids is 1. The summed E-state index contributed by atoms with van der Waals surface area (Å²) in [7, 11) is 1.96.